The minimum atomic E-state index is -0.980. The highest BCUT2D eigenvalue weighted by atomic mass is 16.3. The molecule has 110 valence electrons. The Kier molecular flexibility index (Phi) is 3.19. The number of nitrogens with zero attached hydrogens (tertiary/aromatic N) is 2. The van der Waals surface area contributed by atoms with Gasteiger partial charge in [0.2, 0.25) is 0 Å². The van der Waals surface area contributed by atoms with Gasteiger partial charge in [-0.15, -0.1) is 0 Å². The van der Waals surface area contributed by atoms with Gasteiger partial charge in [-0.3, -0.25) is 9.97 Å². The highest BCUT2D eigenvalue weighted by Gasteiger charge is 2.02. The summed E-state index contributed by atoms with van der Waals surface area (Å²) in [5.74, 6) is -0.980. The summed E-state index contributed by atoms with van der Waals surface area (Å²) in [5.41, 5.74) is 2.00. The van der Waals surface area contributed by atoms with E-state index in [0.717, 1.165) is 5.39 Å². The normalized spacial score (nSPS) is 13.1. The largest absolute Gasteiger partial charge is 0.464 e. The van der Waals surface area contributed by atoms with E-state index < -0.39 is 5.89 Å². The van der Waals surface area contributed by atoms with Gasteiger partial charge >= 0.3 is 0 Å². The van der Waals surface area contributed by atoms with Crippen LogP contribution in [0.4, 0.5) is 0 Å². The van der Waals surface area contributed by atoms with Crippen molar-refractivity contribution in [2.45, 2.75) is 19.7 Å². The van der Waals surface area contributed by atoms with Gasteiger partial charge in [0.25, 0.3) is 0 Å². The fourth-order valence-electron chi connectivity index (χ4n) is 1.97. The summed E-state index contributed by atoms with van der Waals surface area (Å²) in [6, 6.07) is 9.10. The predicted octanol–water partition coefficient (Wildman–Crippen LogP) is 5.14. The quantitative estimate of drug-likeness (QED) is 0.657. The van der Waals surface area contributed by atoms with Crippen LogP contribution in [-0.4, -0.2) is 9.97 Å². The maximum absolute atomic E-state index is 8.29. The Balaban J connectivity index is 2.21. The van der Waals surface area contributed by atoms with Crippen molar-refractivity contribution >= 4 is 11.0 Å². The van der Waals surface area contributed by atoms with Gasteiger partial charge in [-0.05, 0) is 35.7 Å². The second-order valence-corrected chi connectivity index (χ2v) is 5.09. The van der Waals surface area contributed by atoms with Crippen molar-refractivity contribution in [1.29, 1.82) is 0 Å². The van der Waals surface area contributed by atoms with Crippen molar-refractivity contribution < 1.29 is 8.53 Å². The molecule has 0 amide bonds. The summed E-state index contributed by atoms with van der Waals surface area (Å²) in [7, 11) is 0. The lowest BCUT2D eigenvalue weighted by Gasteiger charge is -2.05. The molecule has 3 heteroatoms. The zero-order valence-electron chi connectivity index (χ0n) is 15.5. The van der Waals surface area contributed by atoms with Crippen LogP contribution in [0.5, 0.6) is 0 Å². The molecule has 0 atom stereocenters. The van der Waals surface area contributed by atoms with E-state index in [-0.39, 0.29) is 12.1 Å². The van der Waals surface area contributed by atoms with Crippen molar-refractivity contribution in [2.24, 2.45) is 0 Å². The molecule has 0 aliphatic heterocycles. The van der Waals surface area contributed by atoms with Gasteiger partial charge < -0.3 is 4.42 Å². The first-order valence-electron chi connectivity index (χ1n) is 8.50. The zero-order valence-corrected chi connectivity index (χ0v) is 12.5. The van der Waals surface area contributed by atoms with E-state index in [1.54, 1.807) is 38.4 Å². The average molecular weight is 293 g/mol. The number of aromatic nitrogens is 2. The molecule has 0 aliphatic rings. The molecule has 0 spiro atoms. The summed E-state index contributed by atoms with van der Waals surface area (Å²) in [4.78, 5) is 8.40. The van der Waals surface area contributed by atoms with Gasteiger partial charge in [0.15, 0.2) is 0 Å². The van der Waals surface area contributed by atoms with Gasteiger partial charge in [-0.25, -0.2) is 0 Å². The molecule has 3 nitrogen and oxygen atoms in total. The van der Waals surface area contributed by atoms with Crippen molar-refractivity contribution in [1.82, 2.24) is 9.97 Å². The number of pyridine rings is 2. The Morgan fingerprint density at radius 1 is 1.14 bits per heavy atom. The third-order valence-corrected chi connectivity index (χ3v) is 3.24. The van der Waals surface area contributed by atoms with E-state index >= 15 is 0 Å². The Morgan fingerprint density at radius 3 is 2.86 bits per heavy atom. The van der Waals surface area contributed by atoms with Crippen LogP contribution in [0.15, 0.2) is 71.7 Å². The van der Waals surface area contributed by atoms with E-state index in [0.29, 0.717) is 22.4 Å². The molecule has 0 aromatic carbocycles. The highest BCUT2D eigenvalue weighted by molar-refractivity contribution is 5.74. The molecule has 0 saturated heterocycles. The molecule has 3 aromatic rings. The van der Waals surface area contributed by atoms with Gasteiger partial charge in [0, 0.05) is 30.9 Å². The van der Waals surface area contributed by atoms with Crippen LogP contribution in [0.1, 0.15) is 29.4 Å². The van der Waals surface area contributed by atoms with Crippen LogP contribution in [0.2, 0.25) is 0 Å². The monoisotopic (exact) mass is 293 g/mol. The Hall–Kier alpha value is -2.68. The topological polar surface area (TPSA) is 38.9 Å². The van der Waals surface area contributed by atoms with Crippen molar-refractivity contribution in [2.75, 3.05) is 0 Å². The van der Waals surface area contributed by atoms with E-state index in [1.165, 1.54) is 12.5 Å². The lowest BCUT2D eigenvalue weighted by atomic mass is 10.0. The van der Waals surface area contributed by atoms with Crippen molar-refractivity contribution in [3.8, 4) is 11.3 Å². The van der Waals surface area contributed by atoms with Crippen molar-refractivity contribution in [3.05, 3.63) is 72.8 Å². The van der Waals surface area contributed by atoms with Crippen molar-refractivity contribution in [3.63, 3.8) is 0 Å². The molecule has 0 N–H and O–H groups in total. The molecular formula is C19H18N2O. The lowest BCUT2D eigenvalue weighted by Crippen LogP contribution is -1.89. The zero-order chi connectivity index (χ0) is 18.0. The first kappa shape index (κ1) is 11.0. The predicted molar refractivity (Wildman–Crippen MR) is 89.0 cm³/mol. The molecular weight excluding hydrogens is 272 g/mol. The Labute approximate surface area is 134 Å². The van der Waals surface area contributed by atoms with Gasteiger partial charge in [0.1, 0.15) is 11.8 Å². The third kappa shape index (κ3) is 3.14. The van der Waals surface area contributed by atoms with Crippen LogP contribution >= 0.6 is 0 Å². The van der Waals surface area contributed by atoms with Crippen LogP contribution in [0.3, 0.4) is 0 Å². The molecule has 0 aliphatic carbocycles. The van der Waals surface area contributed by atoms with E-state index in [2.05, 4.69) is 9.97 Å². The molecule has 22 heavy (non-hydrogen) atoms. The smallest absolute Gasteiger partial charge is 0.136 e. The van der Waals surface area contributed by atoms with E-state index in [1.807, 2.05) is 18.2 Å². The second-order valence-electron chi connectivity index (χ2n) is 5.09. The minimum absolute atomic E-state index is 0.0133. The second kappa shape index (κ2) is 6.39. The van der Waals surface area contributed by atoms with Crippen LogP contribution in [0, 0.1) is 0 Å². The van der Waals surface area contributed by atoms with Gasteiger partial charge in [0.05, 0.1) is 8.44 Å². The molecule has 3 aromatic heterocycles. The number of fused-ring (bicyclic) bond motifs is 1. The highest BCUT2D eigenvalue weighted by Crippen LogP contribution is 2.20. The fraction of sp³-hybridized carbons (Fsp3) is 0.158. The lowest BCUT2D eigenvalue weighted by molar-refractivity contribution is 0.607. The van der Waals surface area contributed by atoms with Gasteiger partial charge in [-0.1, -0.05) is 32.0 Å². The average Bonchev–Trinajstić information content (AvgIpc) is 2.66. The Bertz CT molecular complexity index is 976. The maximum Gasteiger partial charge on any atom is 0.136 e. The van der Waals surface area contributed by atoms with E-state index in [9.17, 15) is 0 Å². The first-order chi connectivity index (χ1) is 11.9. The maximum atomic E-state index is 8.29. The van der Waals surface area contributed by atoms with Gasteiger partial charge in [-0.2, -0.15) is 0 Å². The summed E-state index contributed by atoms with van der Waals surface area (Å²) in [5, 5.41) is 0.844. The number of rotatable bonds is 2. The minimum Gasteiger partial charge on any atom is -0.464 e. The SMILES string of the molecule is [2H]c1c(C([2H])(C)C)cnc(-c2ccccc3cnccc3oc2)c1[2H]. The van der Waals surface area contributed by atoms with Crippen LogP contribution < -0.4 is 0 Å². The molecule has 0 unspecified atom stereocenters. The third-order valence-electron chi connectivity index (χ3n) is 3.24. The molecule has 3 heterocycles. The molecule has 3 rings (SSSR count). The molecule has 0 saturated carbocycles. The van der Waals surface area contributed by atoms with Crippen LogP contribution in [-0.2, 0) is 0 Å². The van der Waals surface area contributed by atoms with Crippen LogP contribution in [0.25, 0.3) is 22.2 Å². The molecule has 0 bridgehead atoms. The molecule has 0 radical (unpaired) electrons. The Morgan fingerprint density at radius 2 is 2.00 bits per heavy atom. The summed E-state index contributed by atoms with van der Waals surface area (Å²) >= 11 is 0. The fourth-order valence-corrected chi connectivity index (χ4v) is 1.97. The molecule has 0 fully saturated rings. The summed E-state index contributed by atoms with van der Waals surface area (Å²) in [6.45, 7) is 3.36. The summed E-state index contributed by atoms with van der Waals surface area (Å²) in [6.07, 6.45) is 6.37. The van der Waals surface area contributed by atoms with E-state index in [4.69, 9.17) is 8.53 Å². The summed E-state index contributed by atoms with van der Waals surface area (Å²) < 4.78 is 30.3. The standard InChI is InChI=1S/C19H18N2O/c1-14(2)15-7-8-18(21-12-15)17-6-4-3-5-16-11-20-10-9-19(16)22-13-17/h3-14H,1-2H3/i7D,8D,14D. The number of hydrogen-bond acceptors (Lipinski definition) is 3. The number of hydrogen-bond donors (Lipinski definition) is 0. The first-order valence-corrected chi connectivity index (χ1v) is 7.00.